The van der Waals surface area contributed by atoms with Crippen LogP contribution in [0, 0.1) is 0 Å². The van der Waals surface area contributed by atoms with Gasteiger partial charge >= 0.3 is 6.18 Å². The van der Waals surface area contributed by atoms with Gasteiger partial charge in [-0.15, -0.1) is 15.3 Å². The molecule has 5 nitrogen and oxygen atoms in total. The number of alkyl halides is 3. The van der Waals surface area contributed by atoms with E-state index in [0.717, 1.165) is 28.8 Å². The number of benzene rings is 3. The van der Waals surface area contributed by atoms with Crippen molar-refractivity contribution in [1.29, 1.82) is 0 Å². The van der Waals surface area contributed by atoms with Crippen molar-refractivity contribution in [1.82, 2.24) is 19.8 Å². The molecule has 0 amide bonds. The summed E-state index contributed by atoms with van der Waals surface area (Å²) in [5.74, 6) is 0.904. The molecule has 5 rings (SSSR count). The van der Waals surface area contributed by atoms with Gasteiger partial charge in [0.05, 0.1) is 11.1 Å². The monoisotopic (exact) mass is 542 g/mol. The van der Waals surface area contributed by atoms with Gasteiger partial charge in [-0.25, -0.2) is 0 Å². The maximum absolute atomic E-state index is 13.0. The number of hydrogen-bond donors (Lipinski definition) is 0. The maximum Gasteiger partial charge on any atom is 0.416 e. The van der Waals surface area contributed by atoms with E-state index in [1.54, 1.807) is 28.8 Å². The smallest absolute Gasteiger partial charge is 0.416 e. The number of fused-ring (bicyclic) bond motifs is 1. The highest BCUT2D eigenvalue weighted by Gasteiger charge is 2.30. The third kappa shape index (κ3) is 5.12. The fraction of sp³-hybridized carbons (Fsp3) is 0.148. The number of ether oxygens (including phenoxy) is 1. The standard InChI is InChI=1S/C27H19Cl2F3N4O/c1-2-22-33-34-25-23(17-5-11-20(28)12-6-17)24(18-7-13-21(29)14-8-18)26(35-36(22)25)37-15-16-3-9-19(10-4-16)27(30,31)32/h3-14H,2,15H2,1H3. The van der Waals surface area contributed by atoms with Crippen molar-refractivity contribution in [2.75, 3.05) is 0 Å². The van der Waals surface area contributed by atoms with E-state index in [2.05, 4.69) is 10.2 Å². The van der Waals surface area contributed by atoms with Crippen LogP contribution in [-0.4, -0.2) is 19.8 Å². The number of aryl methyl sites for hydroxylation is 1. The van der Waals surface area contributed by atoms with Crippen molar-refractivity contribution in [3.63, 3.8) is 0 Å². The molecule has 0 saturated heterocycles. The van der Waals surface area contributed by atoms with Crippen LogP contribution in [-0.2, 0) is 19.2 Å². The summed E-state index contributed by atoms with van der Waals surface area (Å²) in [5, 5.41) is 14.6. The highest BCUT2D eigenvalue weighted by atomic mass is 35.5. The molecule has 0 radical (unpaired) electrons. The van der Waals surface area contributed by atoms with E-state index in [1.165, 1.54) is 12.1 Å². The Kier molecular flexibility index (Phi) is 6.79. The molecule has 0 N–H and O–H groups in total. The van der Waals surface area contributed by atoms with Crippen molar-refractivity contribution >= 4 is 28.8 Å². The van der Waals surface area contributed by atoms with Crippen LogP contribution in [0.4, 0.5) is 13.2 Å². The Morgan fingerprint density at radius 3 is 1.89 bits per heavy atom. The second kappa shape index (κ2) is 10.0. The van der Waals surface area contributed by atoms with Crippen LogP contribution in [0.1, 0.15) is 23.9 Å². The van der Waals surface area contributed by atoms with Crippen LogP contribution >= 0.6 is 23.2 Å². The number of aromatic nitrogens is 4. The minimum atomic E-state index is -4.41. The van der Waals surface area contributed by atoms with Crippen LogP contribution in [0.2, 0.25) is 10.0 Å². The van der Waals surface area contributed by atoms with E-state index in [1.807, 2.05) is 31.2 Å². The molecule has 2 heterocycles. The Labute approximate surface area is 220 Å². The van der Waals surface area contributed by atoms with Crippen LogP contribution in [0.25, 0.3) is 27.9 Å². The molecule has 5 aromatic rings. The third-order valence-electron chi connectivity index (χ3n) is 5.82. The molecule has 10 heteroatoms. The minimum absolute atomic E-state index is 0.000868. The van der Waals surface area contributed by atoms with Crippen LogP contribution in [0.3, 0.4) is 0 Å². The Balaban J connectivity index is 1.68. The second-order valence-corrected chi connectivity index (χ2v) is 9.13. The number of rotatable bonds is 6. The van der Waals surface area contributed by atoms with Gasteiger partial charge in [0.1, 0.15) is 6.61 Å². The molecule has 3 aromatic carbocycles. The minimum Gasteiger partial charge on any atom is -0.471 e. The lowest BCUT2D eigenvalue weighted by molar-refractivity contribution is -0.137. The third-order valence-corrected chi connectivity index (χ3v) is 6.33. The van der Waals surface area contributed by atoms with Crippen molar-refractivity contribution in [2.45, 2.75) is 26.1 Å². The predicted octanol–water partition coefficient (Wildman–Crippen LogP) is 7.93. The summed E-state index contributed by atoms with van der Waals surface area (Å²) in [7, 11) is 0. The summed E-state index contributed by atoms with van der Waals surface area (Å²) in [6.07, 6.45) is -3.83. The summed E-state index contributed by atoms with van der Waals surface area (Å²) < 4.78 is 46.8. The van der Waals surface area contributed by atoms with E-state index in [0.29, 0.717) is 39.1 Å². The molecule has 0 aliphatic rings. The zero-order valence-electron chi connectivity index (χ0n) is 19.4. The largest absolute Gasteiger partial charge is 0.471 e. The first kappa shape index (κ1) is 25.0. The van der Waals surface area contributed by atoms with Gasteiger partial charge in [-0.3, -0.25) is 0 Å². The molecule has 0 bridgehead atoms. The Bertz CT molecular complexity index is 1550. The van der Waals surface area contributed by atoms with Gasteiger partial charge in [0.15, 0.2) is 11.5 Å². The molecule has 0 saturated carbocycles. The first-order valence-corrected chi connectivity index (χ1v) is 12.1. The maximum atomic E-state index is 13.0. The summed E-state index contributed by atoms with van der Waals surface area (Å²) >= 11 is 12.3. The summed E-state index contributed by atoms with van der Waals surface area (Å²) in [6.45, 7) is 1.94. The summed E-state index contributed by atoms with van der Waals surface area (Å²) in [6, 6.07) is 19.3. The zero-order valence-corrected chi connectivity index (χ0v) is 20.9. The quantitative estimate of drug-likeness (QED) is 0.218. The lowest BCUT2D eigenvalue weighted by atomic mass is 9.96. The van der Waals surface area contributed by atoms with E-state index >= 15 is 0 Å². The highest BCUT2D eigenvalue weighted by molar-refractivity contribution is 6.31. The molecule has 0 spiro atoms. The molecule has 37 heavy (non-hydrogen) atoms. The average Bonchev–Trinajstić information content (AvgIpc) is 3.30. The first-order valence-electron chi connectivity index (χ1n) is 11.3. The van der Waals surface area contributed by atoms with Crippen molar-refractivity contribution < 1.29 is 17.9 Å². The van der Waals surface area contributed by atoms with Gasteiger partial charge in [-0.05, 0) is 53.1 Å². The second-order valence-electron chi connectivity index (χ2n) is 8.26. The number of halogens is 5. The molecule has 0 aliphatic carbocycles. The van der Waals surface area contributed by atoms with Gasteiger partial charge in [0.2, 0.25) is 5.88 Å². The lowest BCUT2D eigenvalue weighted by Crippen LogP contribution is -2.08. The molecular formula is C27H19Cl2F3N4O. The summed E-state index contributed by atoms with van der Waals surface area (Å²) in [5.41, 5.74) is 3.33. The number of hydrogen-bond acceptors (Lipinski definition) is 4. The van der Waals surface area contributed by atoms with Gasteiger partial charge in [-0.2, -0.15) is 17.7 Å². The summed E-state index contributed by atoms with van der Waals surface area (Å²) in [4.78, 5) is 0. The molecule has 188 valence electrons. The Morgan fingerprint density at radius 2 is 1.35 bits per heavy atom. The first-order chi connectivity index (χ1) is 17.7. The highest BCUT2D eigenvalue weighted by Crippen LogP contribution is 2.41. The predicted molar refractivity (Wildman–Crippen MR) is 137 cm³/mol. The molecule has 0 unspecified atom stereocenters. The zero-order chi connectivity index (χ0) is 26.2. The van der Waals surface area contributed by atoms with Gasteiger partial charge in [0.25, 0.3) is 0 Å². The van der Waals surface area contributed by atoms with Crippen LogP contribution in [0.15, 0.2) is 72.8 Å². The van der Waals surface area contributed by atoms with E-state index in [-0.39, 0.29) is 12.5 Å². The molecule has 0 fully saturated rings. The fourth-order valence-corrected chi connectivity index (χ4v) is 4.22. The van der Waals surface area contributed by atoms with E-state index in [9.17, 15) is 13.2 Å². The van der Waals surface area contributed by atoms with E-state index in [4.69, 9.17) is 33.0 Å². The molecule has 2 aromatic heterocycles. The fourth-order valence-electron chi connectivity index (χ4n) is 3.97. The lowest BCUT2D eigenvalue weighted by Gasteiger charge is -2.17. The molecular weight excluding hydrogens is 524 g/mol. The normalized spacial score (nSPS) is 11.7. The van der Waals surface area contributed by atoms with Crippen LogP contribution in [0.5, 0.6) is 5.88 Å². The number of nitrogens with zero attached hydrogens (tertiary/aromatic N) is 4. The topological polar surface area (TPSA) is 52.3 Å². The van der Waals surface area contributed by atoms with Gasteiger partial charge in [-0.1, -0.05) is 66.5 Å². The Morgan fingerprint density at radius 1 is 0.784 bits per heavy atom. The molecule has 0 atom stereocenters. The average molecular weight is 543 g/mol. The van der Waals surface area contributed by atoms with Crippen molar-refractivity contribution in [2.24, 2.45) is 0 Å². The van der Waals surface area contributed by atoms with Gasteiger partial charge < -0.3 is 4.74 Å². The SMILES string of the molecule is CCc1nnc2c(-c3ccc(Cl)cc3)c(-c3ccc(Cl)cc3)c(OCc3ccc(C(F)(F)F)cc3)nn12. The van der Waals surface area contributed by atoms with Crippen LogP contribution < -0.4 is 4.74 Å². The molecule has 0 aliphatic heterocycles. The van der Waals surface area contributed by atoms with E-state index < -0.39 is 11.7 Å². The van der Waals surface area contributed by atoms with Gasteiger partial charge in [0, 0.05) is 22.0 Å². The Hall–Kier alpha value is -3.62. The van der Waals surface area contributed by atoms with Crippen molar-refractivity contribution in [3.05, 3.63) is 99.8 Å². The van der Waals surface area contributed by atoms with Crippen molar-refractivity contribution in [3.8, 4) is 28.1 Å².